The molecular weight excluding hydrogens is 385 g/mol. The van der Waals surface area contributed by atoms with Crippen molar-refractivity contribution in [3.05, 3.63) is 75.7 Å². The van der Waals surface area contributed by atoms with Crippen molar-refractivity contribution < 1.29 is 36.6 Å². The van der Waals surface area contributed by atoms with Gasteiger partial charge >= 0.3 is 5.97 Å². The number of anilines is 1. The van der Waals surface area contributed by atoms with Crippen LogP contribution >= 0.6 is 0 Å². The number of ketones is 1. The smallest absolute Gasteiger partial charge is 0.341 e. The number of carboxylic acids is 1. The molecule has 2 N–H and O–H groups in total. The zero-order valence-electron chi connectivity index (χ0n) is 14.7. The molecule has 0 spiro atoms. The second-order valence-corrected chi connectivity index (χ2v) is 5.74. The first-order valence-corrected chi connectivity index (χ1v) is 7.95. The maximum Gasteiger partial charge on any atom is 0.341 e. The van der Waals surface area contributed by atoms with Crippen molar-refractivity contribution in [3.63, 3.8) is 0 Å². The van der Waals surface area contributed by atoms with Crippen molar-refractivity contribution in [1.82, 2.24) is 0 Å². The number of hydrogen-bond acceptors (Lipinski definition) is 3. The second-order valence-electron chi connectivity index (χ2n) is 5.74. The van der Waals surface area contributed by atoms with Crippen molar-refractivity contribution in [1.29, 1.82) is 0 Å². The summed E-state index contributed by atoms with van der Waals surface area (Å²) in [7, 11) is 0. The maximum absolute atomic E-state index is 14.1. The predicted octanol–water partition coefficient (Wildman–Crippen LogP) is 4.73. The minimum Gasteiger partial charge on any atom is -0.477 e. The van der Waals surface area contributed by atoms with Crippen LogP contribution in [0.5, 0.6) is 0 Å². The third-order valence-corrected chi connectivity index (χ3v) is 3.95. The number of carbonyl (C=O) groups excluding carboxylic acids is 1. The topological polar surface area (TPSA) is 66.4 Å². The van der Waals surface area contributed by atoms with Gasteiger partial charge in [0, 0.05) is 23.4 Å². The molecule has 4 nitrogen and oxygen atoms in total. The van der Waals surface area contributed by atoms with Gasteiger partial charge in [-0.1, -0.05) is 6.92 Å². The molecule has 2 aromatic carbocycles. The van der Waals surface area contributed by atoms with Gasteiger partial charge in [0.2, 0.25) is 5.78 Å². The molecular formula is C19H14F5NO3. The van der Waals surface area contributed by atoms with Crippen molar-refractivity contribution in [3.8, 4) is 0 Å². The molecule has 0 atom stereocenters. The highest BCUT2D eigenvalue weighted by Crippen LogP contribution is 2.26. The van der Waals surface area contributed by atoms with Gasteiger partial charge in [-0.3, -0.25) is 4.79 Å². The van der Waals surface area contributed by atoms with E-state index in [1.807, 2.05) is 0 Å². The van der Waals surface area contributed by atoms with E-state index in [-0.39, 0.29) is 23.9 Å². The molecule has 0 heterocycles. The number of carbonyl (C=O) groups is 2. The molecule has 0 unspecified atom stereocenters. The predicted molar refractivity (Wildman–Crippen MR) is 90.3 cm³/mol. The summed E-state index contributed by atoms with van der Waals surface area (Å²) in [6.45, 7) is 2.35. The van der Waals surface area contributed by atoms with E-state index in [2.05, 4.69) is 5.32 Å². The van der Waals surface area contributed by atoms with Gasteiger partial charge in [-0.25, -0.2) is 26.7 Å². The Hall–Kier alpha value is -3.23. The molecule has 148 valence electrons. The molecule has 2 rings (SSSR count). The van der Waals surface area contributed by atoms with Gasteiger partial charge in [-0.05, 0) is 25.5 Å². The summed E-state index contributed by atoms with van der Waals surface area (Å²) < 4.78 is 68.0. The van der Waals surface area contributed by atoms with Crippen molar-refractivity contribution in [2.24, 2.45) is 0 Å². The van der Waals surface area contributed by atoms with Gasteiger partial charge < -0.3 is 10.4 Å². The fourth-order valence-electron chi connectivity index (χ4n) is 2.56. The van der Waals surface area contributed by atoms with Crippen LogP contribution in [-0.2, 0) is 4.79 Å². The number of aliphatic carboxylic acids is 1. The fraction of sp³-hybridized carbons (Fsp3) is 0.158. The van der Waals surface area contributed by atoms with Crippen LogP contribution in [0.25, 0.3) is 0 Å². The third kappa shape index (κ3) is 4.03. The summed E-state index contributed by atoms with van der Waals surface area (Å²) in [6, 6.07) is 2.55. The lowest BCUT2D eigenvalue weighted by Gasteiger charge is -2.15. The number of rotatable bonds is 6. The fourth-order valence-corrected chi connectivity index (χ4v) is 2.56. The molecule has 0 fully saturated rings. The van der Waals surface area contributed by atoms with E-state index in [0.717, 1.165) is 19.1 Å². The Balaban J connectivity index is 2.63. The Morgan fingerprint density at radius 3 is 2.18 bits per heavy atom. The maximum atomic E-state index is 14.1. The average molecular weight is 399 g/mol. The molecule has 9 heteroatoms. The van der Waals surface area contributed by atoms with E-state index in [9.17, 15) is 36.6 Å². The van der Waals surface area contributed by atoms with Crippen LogP contribution in [0.2, 0.25) is 0 Å². The van der Waals surface area contributed by atoms with Crippen LogP contribution in [-0.4, -0.2) is 16.9 Å². The Morgan fingerprint density at radius 2 is 1.64 bits per heavy atom. The van der Waals surface area contributed by atoms with Crippen LogP contribution in [0.4, 0.5) is 27.6 Å². The SMILES string of the molecule is CCC(Nc1ccc(F)cc1F)=C(C(=O)O)C(=O)c1c(F)cc(F)c(F)c1C. The van der Waals surface area contributed by atoms with Crippen molar-refractivity contribution in [2.45, 2.75) is 20.3 Å². The number of hydrogen-bond donors (Lipinski definition) is 2. The summed E-state index contributed by atoms with van der Waals surface area (Å²) in [5, 5.41) is 11.8. The van der Waals surface area contributed by atoms with Gasteiger partial charge in [0.05, 0.1) is 11.3 Å². The number of allylic oxidation sites excluding steroid dienone is 1. The first-order chi connectivity index (χ1) is 13.1. The van der Waals surface area contributed by atoms with Crippen LogP contribution in [0, 0.1) is 36.0 Å². The molecule has 0 aromatic heterocycles. The van der Waals surface area contributed by atoms with Gasteiger partial charge in [0.25, 0.3) is 0 Å². The monoisotopic (exact) mass is 399 g/mol. The standard InChI is InChI=1S/C19H14F5NO3/c1-3-13(25-14-5-4-9(20)6-10(14)21)16(19(27)28)18(26)15-8(2)17(24)12(23)7-11(15)22/h4-7,25H,3H2,1-2H3,(H,27,28). The molecule has 0 bridgehead atoms. The number of halogens is 5. The van der Waals surface area contributed by atoms with E-state index in [4.69, 9.17) is 0 Å². The van der Waals surface area contributed by atoms with Crippen molar-refractivity contribution >= 4 is 17.4 Å². The number of carboxylic acid groups (broad SMARTS) is 1. The molecule has 0 aliphatic carbocycles. The zero-order chi connectivity index (χ0) is 21.2. The number of benzene rings is 2. The summed E-state index contributed by atoms with van der Waals surface area (Å²) >= 11 is 0. The van der Waals surface area contributed by atoms with Crippen LogP contribution in [0.3, 0.4) is 0 Å². The highest BCUT2D eigenvalue weighted by molar-refractivity contribution is 6.25. The van der Waals surface area contributed by atoms with Crippen LogP contribution in [0.15, 0.2) is 35.5 Å². The largest absolute Gasteiger partial charge is 0.477 e. The molecule has 0 aliphatic heterocycles. The molecule has 0 saturated carbocycles. The first kappa shape index (κ1) is 21.1. The van der Waals surface area contributed by atoms with E-state index < -0.39 is 57.5 Å². The van der Waals surface area contributed by atoms with E-state index in [1.165, 1.54) is 6.92 Å². The van der Waals surface area contributed by atoms with Gasteiger partial charge in [0.15, 0.2) is 11.6 Å². The first-order valence-electron chi connectivity index (χ1n) is 7.95. The number of nitrogens with one attached hydrogen (secondary N) is 1. The lowest BCUT2D eigenvalue weighted by molar-refractivity contribution is -0.132. The quantitative estimate of drug-likeness (QED) is 0.184. The average Bonchev–Trinajstić information content (AvgIpc) is 2.60. The van der Waals surface area contributed by atoms with Gasteiger partial charge in [-0.15, -0.1) is 0 Å². The van der Waals surface area contributed by atoms with E-state index >= 15 is 0 Å². The van der Waals surface area contributed by atoms with Gasteiger partial charge in [0.1, 0.15) is 23.0 Å². The Kier molecular flexibility index (Phi) is 6.17. The third-order valence-electron chi connectivity index (χ3n) is 3.95. The van der Waals surface area contributed by atoms with E-state index in [1.54, 1.807) is 0 Å². The zero-order valence-corrected chi connectivity index (χ0v) is 14.7. The van der Waals surface area contributed by atoms with Crippen LogP contribution < -0.4 is 5.32 Å². The highest BCUT2D eigenvalue weighted by Gasteiger charge is 2.29. The lowest BCUT2D eigenvalue weighted by Crippen LogP contribution is -2.21. The summed E-state index contributed by atoms with van der Waals surface area (Å²) in [6.07, 6.45) is -0.144. The normalized spacial score (nSPS) is 11.8. The lowest BCUT2D eigenvalue weighted by atomic mass is 9.95. The highest BCUT2D eigenvalue weighted by atomic mass is 19.2. The molecule has 0 amide bonds. The van der Waals surface area contributed by atoms with Crippen LogP contribution in [0.1, 0.15) is 29.3 Å². The minimum absolute atomic E-state index is 0.133. The second kappa shape index (κ2) is 8.20. The molecule has 0 saturated heterocycles. The van der Waals surface area contributed by atoms with Crippen molar-refractivity contribution in [2.75, 3.05) is 5.32 Å². The molecule has 0 aliphatic rings. The Morgan fingerprint density at radius 1 is 1.00 bits per heavy atom. The minimum atomic E-state index is -1.79. The Labute approximate surface area is 156 Å². The molecule has 2 aromatic rings. The molecule has 28 heavy (non-hydrogen) atoms. The summed E-state index contributed by atoms with van der Waals surface area (Å²) in [4.78, 5) is 24.3. The van der Waals surface area contributed by atoms with Gasteiger partial charge in [-0.2, -0.15) is 0 Å². The summed E-state index contributed by atoms with van der Waals surface area (Å²) in [5.41, 5.74) is -3.30. The molecule has 0 radical (unpaired) electrons. The summed E-state index contributed by atoms with van der Waals surface area (Å²) in [5.74, 6) is -9.62. The van der Waals surface area contributed by atoms with E-state index in [0.29, 0.717) is 6.07 Å². The number of Topliss-reactive ketones (excluding diaryl/α,β-unsaturated/α-hetero) is 1. The Bertz CT molecular complexity index is 1000.